The van der Waals surface area contributed by atoms with Gasteiger partial charge in [-0.3, -0.25) is 9.59 Å². The first-order valence-corrected chi connectivity index (χ1v) is 13.5. The highest BCUT2D eigenvalue weighted by Crippen LogP contribution is 2.40. The minimum atomic E-state index is -3.28. The zero-order valence-electron chi connectivity index (χ0n) is 22.4. The summed E-state index contributed by atoms with van der Waals surface area (Å²) in [6.07, 6.45) is 0.971. The van der Waals surface area contributed by atoms with E-state index >= 15 is 0 Å². The van der Waals surface area contributed by atoms with Gasteiger partial charge in [0.25, 0.3) is 18.2 Å². The Labute approximate surface area is 232 Å². The number of likely N-dealkylation sites (tertiary alicyclic amines) is 1. The van der Waals surface area contributed by atoms with Crippen molar-refractivity contribution < 1.29 is 33.0 Å². The number of amides is 2. The summed E-state index contributed by atoms with van der Waals surface area (Å²) < 4.78 is 39.2. The monoisotopic (exact) mass is 564 g/mol. The van der Waals surface area contributed by atoms with Gasteiger partial charge in [0, 0.05) is 32.7 Å². The number of carbonyl (C=O) groups excluding carboxylic acids is 2. The third-order valence-electron chi connectivity index (χ3n) is 7.79. The molecule has 10 heteroatoms. The molecular weight excluding hydrogens is 530 g/mol. The molecule has 1 atom stereocenters. The van der Waals surface area contributed by atoms with Crippen molar-refractivity contribution in [2.45, 2.75) is 50.2 Å². The summed E-state index contributed by atoms with van der Waals surface area (Å²) in [5.41, 5.74) is -2.66. The molecule has 212 valence electrons. The zero-order valence-corrected chi connectivity index (χ0v) is 23.2. The number of aliphatic hydroxyl groups is 1. The van der Waals surface area contributed by atoms with Gasteiger partial charge in [-0.05, 0) is 74.3 Å². The van der Waals surface area contributed by atoms with Crippen molar-refractivity contribution in [1.29, 1.82) is 0 Å². The molecule has 39 heavy (non-hydrogen) atoms. The lowest BCUT2D eigenvalue weighted by molar-refractivity contribution is -0.173. The first-order valence-electron chi connectivity index (χ1n) is 13.1. The minimum Gasteiger partial charge on any atom is -0.497 e. The van der Waals surface area contributed by atoms with Gasteiger partial charge < -0.3 is 24.4 Å². The lowest BCUT2D eigenvalue weighted by Gasteiger charge is -2.41. The van der Waals surface area contributed by atoms with Crippen LogP contribution in [-0.2, 0) is 10.4 Å². The number of ether oxygens (including phenoxy) is 2. The molecule has 1 unspecified atom stereocenters. The van der Waals surface area contributed by atoms with E-state index in [0.717, 1.165) is 19.3 Å². The van der Waals surface area contributed by atoms with Gasteiger partial charge in [-0.15, -0.1) is 0 Å². The Balaban J connectivity index is 1.25. The molecule has 4 rings (SSSR count). The van der Waals surface area contributed by atoms with Gasteiger partial charge in [0.05, 0.1) is 23.8 Å². The quantitative estimate of drug-likeness (QED) is 0.464. The third-order valence-corrected chi connectivity index (χ3v) is 8.11. The van der Waals surface area contributed by atoms with Crippen molar-refractivity contribution in [2.75, 3.05) is 34.3 Å². The van der Waals surface area contributed by atoms with Crippen LogP contribution in [0.15, 0.2) is 42.5 Å². The topological polar surface area (TPSA) is 79.3 Å². The number of halogens is 3. The predicted molar refractivity (Wildman–Crippen MR) is 143 cm³/mol. The Bertz CT molecular complexity index is 1180. The Morgan fingerprint density at radius 2 is 1.79 bits per heavy atom. The fourth-order valence-electron chi connectivity index (χ4n) is 5.43. The number of benzene rings is 2. The van der Waals surface area contributed by atoms with E-state index in [1.165, 1.54) is 35.1 Å². The van der Waals surface area contributed by atoms with Crippen molar-refractivity contribution >= 4 is 23.4 Å². The molecule has 1 N–H and O–H groups in total. The molecule has 2 aliphatic rings. The molecule has 0 radical (unpaired) electrons. The number of alkyl halides is 2. The second-order valence-electron chi connectivity index (χ2n) is 10.7. The number of hydrogen-bond donors (Lipinski definition) is 1. The summed E-state index contributed by atoms with van der Waals surface area (Å²) >= 11 is 6.28. The average Bonchev–Trinajstić information content (AvgIpc) is 2.91. The number of piperidine rings is 1. The second-order valence-corrected chi connectivity index (χ2v) is 11.1. The van der Waals surface area contributed by atoms with Crippen LogP contribution in [-0.4, -0.2) is 73.5 Å². The Morgan fingerprint density at radius 3 is 2.38 bits per heavy atom. The highest BCUT2D eigenvalue weighted by Gasteiger charge is 2.50. The van der Waals surface area contributed by atoms with Crippen LogP contribution in [0, 0.1) is 11.8 Å². The number of hydrogen-bond acceptors (Lipinski definition) is 5. The molecule has 1 saturated heterocycles. The summed E-state index contributed by atoms with van der Waals surface area (Å²) in [6, 6.07) is 10.7. The summed E-state index contributed by atoms with van der Waals surface area (Å²) in [5, 5.41) is 11.2. The maximum atomic E-state index is 14.0. The van der Waals surface area contributed by atoms with Gasteiger partial charge in [-0.25, -0.2) is 8.78 Å². The van der Waals surface area contributed by atoms with E-state index in [-0.39, 0.29) is 17.6 Å². The highest BCUT2D eigenvalue weighted by molar-refractivity contribution is 6.34. The van der Waals surface area contributed by atoms with E-state index in [1.54, 1.807) is 38.4 Å². The van der Waals surface area contributed by atoms with E-state index in [4.69, 9.17) is 21.1 Å². The molecule has 2 fully saturated rings. The summed E-state index contributed by atoms with van der Waals surface area (Å²) in [6.45, 7) is 0.650. The maximum Gasteiger partial charge on any atom is 0.280 e. The summed E-state index contributed by atoms with van der Waals surface area (Å²) in [7, 11) is 4.74. The Hall–Kier alpha value is -2.91. The minimum absolute atomic E-state index is 0.0760. The van der Waals surface area contributed by atoms with Crippen LogP contribution in [0.1, 0.15) is 48.0 Å². The zero-order chi connectivity index (χ0) is 28.3. The van der Waals surface area contributed by atoms with Gasteiger partial charge in [-0.2, -0.15) is 0 Å². The molecule has 1 saturated carbocycles. The van der Waals surface area contributed by atoms with E-state index < -0.39 is 17.9 Å². The van der Waals surface area contributed by atoms with Gasteiger partial charge >= 0.3 is 0 Å². The molecule has 2 aromatic carbocycles. The van der Waals surface area contributed by atoms with Crippen LogP contribution < -0.4 is 9.47 Å². The number of nitrogens with zero attached hydrogens (tertiary/aromatic N) is 2. The van der Waals surface area contributed by atoms with Crippen molar-refractivity contribution in [3.63, 3.8) is 0 Å². The van der Waals surface area contributed by atoms with Gasteiger partial charge in [0.15, 0.2) is 0 Å². The van der Waals surface area contributed by atoms with Crippen molar-refractivity contribution in [1.82, 2.24) is 9.80 Å². The molecule has 0 spiro atoms. The molecule has 7 nitrogen and oxygen atoms in total. The standard InChI is InChI=1S/C29H35ClF2N2O5/c1-33(2)26(35)24-8-7-22(17-25(24)30)39-23-14-19(15-23)13-18-9-11-34(12-10-18)28(36)29(37,27(31)32)20-5-4-6-21(16-20)38-3/h4-8,16-19,23,27,37H,9-15H2,1-3H3. The predicted octanol–water partition coefficient (Wildman–Crippen LogP) is 4.99. The molecular formula is C29H35ClF2N2O5. The van der Waals surface area contributed by atoms with E-state index in [0.29, 0.717) is 59.9 Å². The van der Waals surface area contributed by atoms with Crippen molar-refractivity contribution in [3.8, 4) is 11.5 Å². The number of methoxy groups -OCH3 is 1. The van der Waals surface area contributed by atoms with Crippen LogP contribution in [0.2, 0.25) is 5.02 Å². The fraction of sp³-hybridized carbons (Fsp3) is 0.517. The smallest absolute Gasteiger partial charge is 0.280 e. The van der Waals surface area contributed by atoms with E-state index in [2.05, 4.69) is 0 Å². The van der Waals surface area contributed by atoms with Gasteiger partial charge in [0.1, 0.15) is 11.5 Å². The number of rotatable bonds is 9. The van der Waals surface area contributed by atoms with Crippen LogP contribution in [0.25, 0.3) is 0 Å². The van der Waals surface area contributed by atoms with E-state index in [1.807, 2.05) is 0 Å². The normalized spacial score (nSPS) is 21.2. The van der Waals surface area contributed by atoms with Gasteiger partial charge in [0.2, 0.25) is 5.60 Å². The van der Waals surface area contributed by atoms with Gasteiger partial charge in [-0.1, -0.05) is 23.7 Å². The van der Waals surface area contributed by atoms with Crippen molar-refractivity contribution in [3.05, 3.63) is 58.6 Å². The maximum absolute atomic E-state index is 14.0. The van der Waals surface area contributed by atoms with Crippen LogP contribution in [0.4, 0.5) is 8.78 Å². The number of carbonyl (C=O) groups is 2. The summed E-state index contributed by atoms with van der Waals surface area (Å²) in [5.74, 6) is 0.651. The molecule has 1 heterocycles. The lowest BCUT2D eigenvalue weighted by Crippen LogP contribution is -2.53. The molecule has 0 bridgehead atoms. The Kier molecular flexibility index (Phi) is 9.01. The van der Waals surface area contributed by atoms with Crippen molar-refractivity contribution in [2.24, 2.45) is 11.8 Å². The second kappa shape index (κ2) is 12.1. The van der Waals surface area contributed by atoms with Crippen LogP contribution in [0.3, 0.4) is 0 Å². The van der Waals surface area contributed by atoms with E-state index in [9.17, 15) is 23.5 Å². The van der Waals surface area contributed by atoms with Crippen LogP contribution in [0.5, 0.6) is 11.5 Å². The molecule has 1 aliphatic heterocycles. The first kappa shape index (κ1) is 29.1. The highest BCUT2D eigenvalue weighted by atomic mass is 35.5. The third kappa shape index (κ3) is 6.30. The summed E-state index contributed by atoms with van der Waals surface area (Å²) in [4.78, 5) is 28.1. The Morgan fingerprint density at radius 1 is 1.10 bits per heavy atom. The lowest BCUT2D eigenvalue weighted by atomic mass is 9.74. The first-order chi connectivity index (χ1) is 18.5. The largest absolute Gasteiger partial charge is 0.497 e. The van der Waals surface area contributed by atoms with Crippen LogP contribution >= 0.6 is 11.6 Å². The average molecular weight is 565 g/mol. The molecule has 1 aliphatic carbocycles. The molecule has 2 amide bonds. The SMILES string of the molecule is COc1cccc(C(O)(C(=O)N2CCC(CC3CC(Oc4ccc(C(=O)N(C)C)c(Cl)c4)C3)CC2)C(F)F)c1. The fourth-order valence-corrected chi connectivity index (χ4v) is 5.68. The molecule has 0 aromatic heterocycles. The molecule has 2 aromatic rings.